The Morgan fingerprint density at radius 1 is 1.24 bits per heavy atom. The number of carbonyl (C=O) groups is 1. The second-order valence-corrected chi connectivity index (χ2v) is 7.99. The van der Waals surface area contributed by atoms with Gasteiger partial charge in [-0.1, -0.05) is 48.7 Å². The van der Waals surface area contributed by atoms with E-state index in [0.29, 0.717) is 6.04 Å². The molecule has 1 heterocycles. The molecule has 4 nitrogen and oxygen atoms in total. The maximum absolute atomic E-state index is 12.4. The van der Waals surface area contributed by atoms with Crippen molar-refractivity contribution >= 4 is 28.5 Å². The SMILES string of the molecule is CCN1C(=NC2CCCCC2)SCC1N(C(C)=O)c1ccc(C)cc1. The second kappa shape index (κ2) is 8.26. The Kier molecular flexibility index (Phi) is 6.05. The molecular weight excluding hydrogens is 330 g/mol. The number of anilines is 1. The Labute approximate surface area is 155 Å². The van der Waals surface area contributed by atoms with E-state index in [1.807, 2.05) is 17.0 Å². The Balaban J connectivity index is 1.83. The van der Waals surface area contributed by atoms with Crippen molar-refractivity contribution in [3.05, 3.63) is 29.8 Å². The molecule has 0 bridgehead atoms. The summed E-state index contributed by atoms with van der Waals surface area (Å²) in [6.07, 6.45) is 6.41. The number of hydrogen-bond acceptors (Lipinski definition) is 3. The van der Waals surface area contributed by atoms with Crippen LogP contribution in [0, 0.1) is 6.92 Å². The second-order valence-electron chi connectivity index (χ2n) is 7.01. The van der Waals surface area contributed by atoms with Gasteiger partial charge in [0.2, 0.25) is 5.91 Å². The largest absolute Gasteiger partial charge is 0.330 e. The summed E-state index contributed by atoms with van der Waals surface area (Å²) in [5.74, 6) is 0.971. The summed E-state index contributed by atoms with van der Waals surface area (Å²) in [5, 5.41) is 1.12. The fourth-order valence-electron chi connectivity index (χ4n) is 3.76. The molecular formula is C20H29N3OS. The molecule has 2 aliphatic rings. The zero-order valence-electron chi connectivity index (χ0n) is 15.6. The van der Waals surface area contributed by atoms with Gasteiger partial charge in [0.15, 0.2) is 5.17 Å². The van der Waals surface area contributed by atoms with Crippen molar-refractivity contribution < 1.29 is 4.79 Å². The first-order valence-electron chi connectivity index (χ1n) is 9.44. The van der Waals surface area contributed by atoms with Crippen LogP contribution in [0.3, 0.4) is 0 Å². The standard InChI is InChI=1S/C20H29N3OS/c1-4-22-19(14-25-20(22)21-17-8-6-5-7-9-17)23(16(3)24)18-12-10-15(2)11-13-18/h10-13,17,19H,4-9,14H2,1-3H3. The highest BCUT2D eigenvalue weighted by atomic mass is 32.2. The predicted molar refractivity (Wildman–Crippen MR) is 107 cm³/mol. The molecule has 5 heteroatoms. The summed E-state index contributed by atoms with van der Waals surface area (Å²) >= 11 is 1.80. The van der Waals surface area contributed by atoms with Gasteiger partial charge in [-0.15, -0.1) is 0 Å². The number of nitrogens with zero attached hydrogens (tertiary/aromatic N) is 3. The number of aryl methyl sites for hydroxylation is 1. The van der Waals surface area contributed by atoms with Gasteiger partial charge in [-0.2, -0.15) is 0 Å². The van der Waals surface area contributed by atoms with E-state index in [4.69, 9.17) is 4.99 Å². The number of amides is 1. The van der Waals surface area contributed by atoms with Gasteiger partial charge in [-0.3, -0.25) is 14.7 Å². The molecule has 0 aromatic heterocycles. The molecule has 2 fully saturated rings. The third-order valence-corrected chi connectivity index (χ3v) is 6.19. The monoisotopic (exact) mass is 359 g/mol. The van der Waals surface area contributed by atoms with E-state index in [-0.39, 0.29) is 12.1 Å². The van der Waals surface area contributed by atoms with Gasteiger partial charge in [0.1, 0.15) is 6.17 Å². The molecule has 0 radical (unpaired) electrons. The summed E-state index contributed by atoms with van der Waals surface area (Å²) in [6.45, 7) is 6.76. The lowest BCUT2D eigenvalue weighted by Gasteiger charge is -2.34. The molecule has 1 amide bonds. The maximum atomic E-state index is 12.4. The number of hydrogen-bond donors (Lipinski definition) is 0. The minimum atomic E-state index is 0.0533. The van der Waals surface area contributed by atoms with E-state index in [9.17, 15) is 4.79 Å². The van der Waals surface area contributed by atoms with E-state index in [1.54, 1.807) is 18.7 Å². The van der Waals surface area contributed by atoms with Crippen LogP contribution in [-0.2, 0) is 4.79 Å². The van der Waals surface area contributed by atoms with Crippen molar-refractivity contribution in [1.29, 1.82) is 0 Å². The third-order valence-electron chi connectivity index (χ3n) is 5.12. The Bertz CT molecular complexity index is 622. The molecule has 1 aliphatic heterocycles. The Hall–Kier alpha value is -1.49. The minimum Gasteiger partial charge on any atom is -0.330 e. The van der Waals surface area contributed by atoms with E-state index in [2.05, 4.69) is 30.9 Å². The fourth-order valence-corrected chi connectivity index (χ4v) is 5.02. The summed E-state index contributed by atoms with van der Waals surface area (Å²) in [5.41, 5.74) is 2.18. The molecule has 1 saturated carbocycles. The zero-order valence-corrected chi connectivity index (χ0v) is 16.4. The lowest BCUT2D eigenvalue weighted by Crippen LogP contribution is -2.50. The highest BCUT2D eigenvalue weighted by Gasteiger charge is 2.36. The molecule has 1 aromatic carbocycles. The van der Waals surface area contributed by atoms with E-state index >= 15 is 0 Å². The maximum Gasteiger partial charge on any atom is 0.225 e. The van der Waals surface area contributed by atoms with Crippen LogP contribution in [-0.4, -0.2) is 40.5 Å². The highest BCUT2D eigenvalue weighted by molar-refractivity contribution is 8.14. The molecule has 1 aliphatic carbocycles. The molecule has 3 rings (SSSR count). The van der Waals surface area contributed by atoms with Crippen molar-refractivity contribution in [2.24, 2.45) is 4.99 Å². The number of carbonyl (C=O) groups excluding carboxylic acids is 1. The van der Waals surface area contributed by atoms with Crippen LogP contribution >= 0.6 is 11.8 Å². The van der Waals surface area contributed by atoms with E-state index in [1.165, 1.54) is 37.7 Å². The number of amidine groups is 1. The third kappa shape index (κ3) is 4.20. The summed E-state index contributed by atoms with van der Waals surface area (Å²) in [6, 6.07) is 8.70. The molecule has 1 saturated heterocycles. The molecule has 0 spiro atoms. The van der Waals surface area contributed by atoms with Crippen LogP contribution in [0.1, 0.15) is 51.5 Å². The van der Waals surface area contributed by atoms with Gasteiger partial charge >= 0.3 is 0 Å². The van der Waals surface area contributed by atoms with Crippen LogP contribution in [0.15, 0.2) is 29.3 Å². The quantitative estimate of drug-likeness (QED) is 0.798. The lowest BCUT2D eigenvalue weighted by atomic mass is 9.96. The number of rotatable bonds is 4. The number of aliphatic imine (C=N–C) groups is 1. The van der Waals surface area contributed by atoms with Crippen LogP contribution in [0.4, 0.5) is 5.69 Å². The first-order chi connectivity index (χ1) is 12.1. The molecule has 136 valence electrons. The summed E-state index contributed by atoms with van der Waals surface area (Å²) in [4.78, 5) is 21.7. The van der Waals surface area contributed by atoms with E-state index < -0.39 is 0 Å². The minimum absolute atomic E-state index is 0.0533. The first kappa shape index (κ1) is 18.3. The van der Waals surface area contributed by atoms with Gasteiger partial charge in [0.25, 0.3) is 0 Å². The summed E-state index contributed by atoms with van der Waals surface area (Å²) < 4.78 is 0. The van der Waals surface area contributed by atoms with Crippen molar-refractivity contribution in [3.63, 3.8) is 0 Å². The van der Waals surface area contributed by atoms with Gasteiger partial charge in [-0.05, 0) is 38.8 Å². The lowest BCUT2D eigenvalue weighted by molar-refractivity contribution is -0.117. The van der Waals surface area contributed by atoms with Gasteiger partial charge in [-0.25, -0.2) is 0 Å². The van der Waals surface area contributed by atoms with Crippen molar-refractivity contribution in [2.75, 3.05) is 17.2 Å². The molecule has 1 aromatic rings. The molecule has 1 unspecified atom stereocenters. The fraction of sp³-hybridized carbons (Fsp3) is 0.600. The van der Waals surface area contributed by atoms with Gasteiger partial charge in [0, 0.05) is 24.9 Å². The zero-order chi connectivity index (χ0) is 17.8. The van der Waals surface area contributed by atoms with Crippen LogP contribution in [0.25, 0.3) is 0 Å². The Morgan fingerprint density at radius 3 is 2.52 bits per heavy atom. The van der Waals surface area contributed by atoms with Crippen LogP contribution < -0.4 is 4.90 Å². The van der Waals surface area contributed by atoms with E-state index in [0.717, 1.165) is 23.2 Å². The number of thioether (sulfide) groups is 1. The predicted octanol–water partition coefficient (Wildman–Crippen LogP) is 4.43. The Morgan fingerprint density at radius 2 is 1.92 bits per heavy atom. The van der Waals surface area contributed by atoms with Crippen LogP contribution in [0.5, 0.6) is 0 Å². The van der Waals surface area contributed by atoms with Gasteiger partial charge < -0.3 is 4.90 Å². The highest BCUT2D eigenvalue weighted by Crippen LogP contribution is 2.32. The molecule has 1 atom stereocenters. The normalized spacial score (nSPS) is 23.2. The molecule has 0 N–H and O–H groups in total. The van der Waals surface area contributed by atoms with Crippen LogP contribution in [0.2, 0.25) is 0 Å². The average Bonchev–Trinajstić information content (AvgIpc) is 2.99. The average molecular weight is 360 g/mol. The topological polar surface area (TPSA) is 35.9 Å². The first-order valence-corrected chi connectivity index (χ1v) is 10.4. The number of benzene rings is 1. The van der Waals surface area contributed by atoms with Crippen molar-refractivity contribution in [1.82, 2.24) is 4.90 Å². The van der Waals surface area contributed by atoms with Gasteiger partial charge in [0.05, 0.1) is 6.04 Å². The summed E-state index contributed by atoms with van der Waals surface area (Å²) in [7, 11) is 0. The smallest absolute Gasteiger partial charge is 0.225 e. The van der Waals surface area contributed by atoms with Crippen molar-refractivity contribution in [3.8, 4) is 0 Å². The van der Waals surface area contributed by atoms with Crippen molar-refractivity contribution in [2.45, 2.75) is 65.1 Å². The molecule has 25 heavy (non-hydrogen) atoms.